The van der Waals surface area contributed by atoms with Crippen LogP contribution < -0.4 is 10.1 Å². The Balaban J connectivity index is 2.17. The van der Waals surface area contributed by atoms with Gasteiger partial charge in [-0.15, -0.1) is 0 Å². The number of nitrogens with zero attached hydrogens (tertiary/aromatic N) is 1. The second-order valence-electron chi connectivity index (χ2n) is 4.44. The fourth-order valence-corrected chi connectivity index (χ4v) is 2.23. The summed E-state index contributed by atoms with van der Waals surface area (Å²) in [6, 6.07) is 7.00. The van der Waals surface area contributed by atoms with E-state index in [1.807, 2.05) is 0 Å². The Morgan fingerprint density at radius 3 is 2.76 bits per heavy atom. The highest BCUT2D eigenvalue weighted by atomic mass is 35.5. The minimum absolute atomic E-state index is 0.363. The number of pyridine rings is 1. The Labute approximate surface area is 139 Å². The van der Waals surface area contributed by atoms with Gasteiger partial charge in [-0.2, -0.15) is 0 Å². The number of halogens is 3. The number of hydrogen-bond acceptors (Lipinski definition) is 3. The van der Waals surface area contributed by atoms with Gasteiger partial charge in [0, 0.05) is 18.8 Å². The second-order valence-corrected chi connectivity index (χ2v) is 5.64. The average molecular weight is 346 g/mol. The summed E-state index contributed by atoms with van der Waals surface area (Å²) in [6.07, 6.45) is 2.63. The van der Waals surface area contributed by atoms with E-state index in [0.29, 0.717) is 33.2 Å². The number of ether oxygens (including phenoxy) is 1. The van der Waals surface area contributed by atoms with Crippen LogP contribution in [0, 0.1) is 0 Å². The van der Waals surface area contributed by atoms with Crippen LogP contribution in [0.15, 0.2) is 30.5 Å². The predicted octanol–water partition coefficient (Wildman–Crippen LogP) is 5.33. The van der Waals surface area contributed by atoms with Gasteiger partial charge in [0.1, 0.15) is 10.8 Å². The maximum atomic E-state index is 6.13. The summed E-state index contributed by atoms with van der Waals surface area (Å²) >= 11 is 18.2. The Morgan fingerprint density at radius 2 is 2.00 bits per heavy atom. The summed E-state index contributed by atoms with van der Waals surface area (Å²) in [4.78, 5) is 4.15. The average Bonchev–Trinajstić information content (AvgIpc) is 2.47. The number of hydrogen-bond donors (Lipinski definition) is 1. The van der Waals surface area contributed by atoms with Gasteiger partial charge in [-0.1, -0.05) is 47.8 Å². The predicted molar refractivity (Wildman–Crippen MR) is 87.8 cm³/mol. The minimum atomic E-state index is 0.363. The molecule has 0 aliphatic heterocycles. The van der Waals surface area contributed by atoms with Gasteiger partial charge >= 0.3 is 0 Å². The molecule has 3 nitrogen and oxygen atoms in total. The van der Waals surface area contributed by atoms with Gasteiger partial charge in [0.15, 0.2) is 0 Å². The van der Waals surface area contributed by atoms with Crippen molar-refractivity contribution in [2.75, 3.05) is 6.54 Å². The molecule has 112 valence electrons. The third-order valence-electron chi connectivity index (χ3n) is 2.78. The van der Waals surface area contributed by atoms with Crippen molar-refractivity contribution in [1.82, 2.24) is 10.3 Å². The first-order valence-corrected chi connectivity index (χ1v) is 7.72. The van der Waals surface area contributed by atoms with Gasteiger partial charge < -0.3 is 10.1 Å². The lowest BCUT2D eigenvalue weighted by Gasteiger charge is -2.10. The van der Waals surface area contributed by atoms with E-state index in [1.165, 1.54) is 0 Å². The minimum Gasteiger partial charge on any atom is -0.437 e. The lowest BCUT2D eigenvalue weighted by atomic mass is 10.2. The summed E-state index contributed by atoms with van der Waals surface area (Å²) in [5.74, 6) is 0.892. The molecule has 0 radical (unpaired) electrons. The fourth-order valence-electron chi connectivity index (χ4n) is 1.73. The molecule has 0 aliphatic carbocycles. The van der Waals surface area contributed by atoms with E-state index in [1.54, 1.807) is 30.5 Å². The lowest BCUT2D eigenvalue weighted by molar-refractivity contribution is 0.462. The van der Waals surface area contributed by atoms with Gasteiger partial charge in [0.25, 0.3) is 0 Å². The van der Waals surface area contributed by atoms with Gasteiger partial charge in [-0.05, 0) is 30.7 Å². The molecule has 6 heteroatoms. The van der Waals surface area contributed by atoms with Crippen LogP contribution in [-0.2, 0) is 6.54 Å². The van der Waals surface area contributed by atoms with Crippen molar-refractivity contribution >= 4 is 34.8 Å². The second kappa shape index (κ2) is 7.85. The molecule has 0 unspecified atom stereocenters. The van der Waals surface area contributed by atoms with Gasteiger partial charge in [-0.3, -0.25) is 0 Å². The first-order chi connectivity index (χ1) is 10.1. The molecule has 0 atom stereocenters. The molecule has 1 aromatic carbocycles. The van der Waals surface area contributed by atoms with Crippen molar-refractivity contribution in [3.8, 4) is 11.6 Å². The lowest BCUT2D eigenvalue weighted by Crippen LogP contribution is -2.14. The molecule has 0 amide bonds. The molecule has 1 aromatic heterocycles. The van der Waals surface area contributed by atoms with E-state index in [4.69, 9.17) is 39.5 Å². The summed E-state index contributed by atoms with van der Waals surface area (Å²) in [5, 5.41) is 4.69. The molecule has 1 heterocycles. The van der Waals surface area contributed by atoms with Gasteiger partial charge in [0.2, 0.25) is 5.88 Å². The first-order valence-electron chi connectivity index (χ1n) is 6.58. The first kappa shape index (κ1) is 16.4. The van der Waals surface area contributed by atoms with Crippen molar-refractivity contribution in [2.24, 2.45) is 0 Å². The van der Waals surface area contributed by atoms with Crippen molar-refractivity contribution in [3.05, 3.63) is 51.1 Å². The zero-order valence-corrected chi connectivity index (χ0v) is 13.8. The molecule has 0 saturated heterocycles. The van der Waals surface area contributed by atoms with Crippen LogP contribution in [0.3, 0.4) is 0 Å². The quantitative estimate of drug-likeness (QED) is 0.718. The third-order valence-corrected chi connectivity index (χ3v) is 3.92. The van der Waals surface area contributed by atoms with E-state index in [-0.39, 0.29) is 0 Å². The van der Waals surface area contributed by atoms with E-state index in [0.717, 1.165) is 18.5 Å². The molecule has 1 N–H and O–H groups in total. The highest BCUT2D eigenvalue weighted by molar-refractivity contribution is 6.42. The van der Waals surface area contributed by atoms with E-state index in [2.05, 4.69) is 17.2 Å². The van der Waals surface area contributed by atoms with Crippen molar-refractivity contribution in [3.63, 3.8) is 0 Å². The summed E-state index contributed by atoms with van der Waals surface area (Å²) in [6.45, 7) is 3.70. The van der Waals surface area contributed by atoms with Crippen LogP contribution in [0.5, 0.6) is 11.6 Å². The molecule has 0 fully saturated rings. The summed E-state index contributed by atoms with van der Waals surface area (Å²) in [7, 11) is 0. The van der Waals surface area contributed by atoms with Crippen LogP contribution in [0.2, 0.25) is 15.1 Å². The Kier molecular flexibility index (Phi) is 6.12. The molecule has 2 rings (SSSR count). The molecule has 21 heavy (non-hydrogen) atoms. The van der Waals surface area contributed by atoms with Crippen LogP contribution in [0.4, 0.5) is 0 Å². The van der Waals surface area contributed by atoms with Crippen LogP contribution >= 0.6 is 34.8 Å². The number of benzene rings is 1. The van der Waals surface area contributed by atoms with Crippen LogP contribution in [-0.4, -0.2) is 11.5 Å². The third kappa shape index (κ3) is 4.48. The SMILES string of the molecule is CCCNCc1cc(Oc2cccc(Cl)c2Cl)ncc1Cl. The Morgan fingerprint density at radius 1 is 1.19 bits per heavy atom. The maximum Gasteiger partial charge on any atom is 0.219 e. The molecule has 2 aromatic rings. The van der Waals surface area contributed by atoms with Crippen molar-refractivity contribution in [2.45, 2.75) is 19.9 Å². The molecular formula is C15H15Cl3N2O. The van der Waals surface area contributed by atoms with E-state index >= 15 is 0 Å². The standard InChI is InChI=1S/C15H15Cl3N2O/c1-2-6-19-8-10-7-14(20-9-12(10)17)21-13-5-3-4-11(16)15(13)18/h3-5,7,9,19H,2,6,8H2,1H3. The van der Waals surface area contributed by atoms with Gasteiger partial charge in [-0.25, -0.2) is 4.98 Å². The summed E-state index contributed by atoms with van der Waals surface area (Å²) in [5.41, 5.74) is 0.924. The normalized spacial score (nSPS) is 10.7. The van der Waals surface area contributed by atoms with Crippen LogP contribution in [0.1, 0.15) is 18.9 Å². The number of nitrogens with one attached hydrogen (secondary N) is 1. The molecule has 0 spiro atoms. The Hall–Kier alpha value is -1.000. The Bertz CT molecular complexity index is 620. The monoisotopic (exact) mass is 344 g/mol. The zero-order chi connectivity index (χ0) is 15.2. The smallest absolute Gasteiger partial charge is 0.219 e. The fraction of sp³-hybridized carbons (Fsp3) is 0.267. The van der Waals surface area contributed by atoms with Crippen molar-refractivity contribution in [1.29, 1.82) is 0 Å². The zero-order valence-electron chi connectivity index (χ0n) is 11.5. The topological polar surface area (TPSA) is 34.1 Å². The van der Waals surface area contributed by atoms with E-state index in [9.17, 15) is 0 Å². The summed E-state index contributed by atoms with van der Waals surface area (Å²) < 4.78 is 5.68. The molecule has 0 aliphatic rings. The highest BCUT2D eigenvalue weighted by Crippen LogP contribution is 2.34. The molecule has 0 bridgehead atoms. The maximum absolute atomic E-state index is 6.13. The number of aromatic nitrogens is 1. The largest absolute Gasteiger partial charge is 0.437 e. The number of rotatable bonds is 6. The van der Waals surface area contributed by atoms with Crippen molar-refractivity contribution < 1.29 is 4.74 Å². The molecular weight excluding hydrogens is 331 g/mol. The van der Waals surface area contributed by atoms with Crippen LogP contribution in [0.25, 0.3) is 0 Å². The molecule has 0 saturated carbocycles. The van der Waals surface area contributed by atoms with Gasteiger partial charge in [0.05, 0.1) is 10.0 Å². The highest BCUT2D eigenvalue weighted by Gasteiger charge is 2.09. The van der Waals surface area contributed by atoms with E-state index < -0.39 is 0 Å².